The van der Waals surface area contributed by atoms with Gasteiger partial charge in [0.15, 0.2) is 0 Å². The van der Waals surface area contributed by atoms with E-state index in [-0.39, 0.29) is 6.10 Å². The number of hydrogen-bond acceptors (Lipinski definition) is 2. The lowest BCUT2D eigenvalue weighted by Gasteiger charge is -2.10. The van der Waals surface area contributed by atoms with Crippen molar-refractivity contribution in [2.75, 3.05) is 14.2 Å². The highest BCUT2D eigenvalue weighted by Gasteiger charge is 2.05. The van der Waals surface area contributed by atoms with E-state index in [1.54, 1.807) is 14.2 Å². The molecule has 0 heterocycles. The van der Waals surface area contributed by atoms with Crippen LogP contribution in [0.2, 0.25) is 0 Å². The normalized spacial score (nSPS) is 15.8. The third-order valence-corrected chi connectivity index (χ3v) is 1.47. The van der Waals surface area contributed by atoms with Crippen molar-refractivity contribution < 1.29 is 4.74 Å². The number of hydrogen-bond donors (Lipinski definition) is 0. The molecule has 0 aliphatic heterocycles. The van der Waals surface area contributed by atoms with Crippen LogP contribution in [0.3, 0.4) is 0 Å². The Labute approximate surface area is 56.9 Å². The quantitative estimate of drug-likeness (QED) is 0.529. The Kier molecular flexibility index (Phi) is 4.32. The summed E-state index contributed by atoms with van der Waals surface area (Å²) in [5.74, 6) is 0. The van der Waals surface area contributed by atoms with Gasteiger partial charge in [0.2, 0.25) is 0 Å². The van der Waals surface area contributed by atoms with Crippen molar-refractivity contribution in [1.82, 2.24) is 0 Å². The van der Waals surface area contributed by atoms with Crippen LogP contribution in [-0.2, 0) is 4.74 Å². The Bertz CT molecular complexity index is 95.1. The molecule has 0 saturated carbocycles. The van der Waals surface area contributed by atoms with Crippen LogP contribution in [0.25, 0.3) is 0 Å². The lowest BCUT2D eigenvalue weighted by molar-refractivity contribution is 0.152. The van der Waals surface area contributed by atoms with E-state index in [1.165, 1.54) is 0 Å². The van der Waals surface area contributed by atoms with Gasteiger partial charge in [-0.25, -0.2) is 0 Å². The van der Waals surface area contributed by atoms with E-state index >= 15 is 0 Å². The van der Waals surface area contributed by atoms with Crippen LogP contribution in [0.4, 0.5) is 0 Å². The molecule has 0 aliphatic carbocycles. The monoisotopic (exact) mass is 129 g/mol. The third-order valence-electron chi connectivity index (χ3n) is 1.47. The summed E-state index contributed by atoms with van der Waals surface area (Å²) in [6.07, 6.45) is 1.22. The van der Waals surface area contributed by atoms with Gasteiger partial charge in [-0.15, -0.1) is 0 Å². The standard InChI is InChI=1S/C7H15NO/c1-5-7(9-4)6(2)8-3/h7H,5H2,1-4H3. The van der Waals surface area contributed by atoms with Crippen molar-refractivity contribution in [2.45, 2.75) is 26.4 Å². The zero-order chi connectivity index (χ0) is 7.28. The SMILES string of the molecule is CCC(OC)C(C)=NC. The molecule has 0 saturated heterocycles. The lowest BCUT2D eigenvalue weighted by atomic mass is 10.2. The zero-order valence-corrected chi connectivity index (χ0v) is 6.64. The smallest absolute Gasteiger partial charge is 0.0941 e. The molecule has 0 aromatic carbocycles. The van der Waals surface area contributed by atoms with E-state index in [0.29, 0.717) is 0 Å². The minimum Gasteiger partial charge on any atom is -0.376 e. The van der Waals surface area contributed by atoms with E-state index < -0.39 is 0 Å². The van der Waals surface area contributed by atoms with E-state index in [9.17, 15) is 0 Å². The van der Waals surface area contributed by atoms with E-state index in [2.05, 4.69) is 11.9 Å². The summed E-state index contributed by atoms with van der Waals surface area (Å²) in [4.78, 5) is 4.02. The Morgan fingerprint density at radius 2 is 2.22 bits per heavy atom. The summed E-state index contributed by atoms with van der Waals surface area (Å²) in [6, 6.07) is 0. The number of ether oxygens (including phenoxy) is 1. The van der Waals surface area contributed by atoms with Crippen molar-refractivity contribution in [3.63, 3.8) is 0 Å². The maximum atomic E-state index is 5.12. The highest BCUT2D eigenvalue weighted by atomic mass is 16.5. The molecule has 0 rings (SSSR count). The first-order valence-corrected chi connectivity index (χ1v) is 3.22. The summed E-state index contributed by atoms with van der Waals surface area (Å²) < 4.78 is 5.12. The molecule has 9 heavy (non-hydrogen) atoms. The van der Waals surface area contributed by atoms with Crippen LogP contribution in [0, 0.1) is 0 Å². The molecule has 2 heteroatoms. The lowest BCUT2D eigenvalue weighted by Crippen LogP contribution is -2.18. The fourth-order valence-electron chi connectivity index (χ4n) is 0.777. The maximum Gasteiger partial charge on any atom is 0.0941 e. The van der Waals surface area contributed by atoms with Gasteiger partial charge in [-0.05, 0) is 13.3 Å². The largest absolute Gasteiger partial charge is 0.376 e. The second kappa shape index (κ2) is 4.50. The topological polar surface area (TPSA) is 21.6 Å². The average Bonchev–Trinajstić information content (AvgIpc) is 1.90. The van der Waals surface area contributed by atoms with Gasteiger partial charge in [-0.2, -0.15) is 0 Å². The van der Waals surface area contributed by atoms with Gasteiger partial charge >= 0.3 is 0 Å². The average molecular weight is 129 g/mol. The Hall–Kier alpha value is -0.370. The van der Waals surface area contributed by atoms with Crippen molar-refractivity contribution in [3.8, 4) is 0 Å². The Balaban J connectivity index is 3.79. The molecule has 1 atom stereocenters. The summed E-state index contributed by atoms with van der Waals surface area (Å²) >= 11 is 0. The molecular formula is C7H15NO. The second-order valence-electron chi connectivity index (χ2n) is 2.00. The number of rotatable bonds is 3. The van der Waals surface area contributed by atoms with Crippen LogP contribution in [0.1, 0.15) is 20.3 Å². The molecule has 2 nitrogen and oxygen atoms in total. The van der Waals surface area contributed by atoms with Gasteiger partial charge in [0.1, 0.15) is 0 Å². The molecule has 1 unspecified atom stereocenters. The molecule has 0 amide bonds. The van der Waals surface area contributed by atoms with Crippen LogP contribution in [-0.4, -0.2) is 26.0 Å². The predicted octanol–water partition coefficient (Wildman–Crippen LogP) is 1.50. The molecule has 0 bridgehead atoms. The minimum absolute atomic E-state index is 0.218. The van der Waals surface area contributed by atoms with Crippen LogP contribution in [0.15, 0.2) is 4.99 Å². The van der Waals surface area contributed by atoms with Crippen molar-refractivity contribution in [2.24, 2.45) is 4.99 Å². The van der Waals surface area contributed by atoms with Gasteiger partial charge in [0.05, 0.1) is 6.10 Å². The first-order valence-electron chi connectivity index (χ1n) is 3.22. The van der Waals surface area contributed by atoms with E-state index in [1.807, 2.05) is 6.92 Å². The van der Waals surface area contributed by atoms with Crippen molar-refractivity contribution >= 4 is 5.71 Å². The Morgan fingerprint density at radius 1 is 1.67 bits per heavy atom. The molecule has 0 radical (unpaired) electrons. The van der Waals surface area contributed by atoms with Gasteiger partial charge in [0, 0.05) is 19.9 Å². The summed E-state index contributed by atoms with van der Waals surface area (Å²) in [5.41, 5.74) is 1.07. The molecule has 0 aromatic rings. The van der Waals surface area contributed by atoms with Gasteiger partial charge < -0.3 is 4.74 Å². The molecule has 54 valence electrons. The number of methoxy groups -OCH3 is 1. The molecule has 0 fully saturated rings. The van der Waals surface area contributed by atoms with Crippen LogP contribution >= 0.6 is 0 Å². The fourth-order valence-corrected chi connectivity index (χ4v) is 0.777. The van der Waals surface area contributed by atoms with Crippen molar-refractivity contribution in [3.05, 3.63) is 0 Å². The first kappa shape index (κ1) is 8.63. The first-order chi connectivity index (χ1) is 4.26. The maximum absolute atomic E-state index is 5.12. The van der Waals surface area contributed by atoms with E-state index in [4.69, 9.17) is 4.74 Å². The number of nitrogens with zero attached hydrogens (tertiary/aromatic N) is 1. The van der Waals surface area contributed by atoms with Crippen LogP contribution < -0.4 is 0 Å². The second-order valence-corrected chi connectivity index (χ2v) is 2.00. The number of aliphatic imine (C=N–C) groups is 1. The van der Waals surface area contributed by atoms with Gasteiger partial charge in [0.25, 0.3) is 0 Å². The minimum atomic E-state index is 0.218. The highest BCUT2D eigenvalue weighted by Crippen LogP contribution is 1.97. The summed E-state index contributed by atoms with van der Waals surface area (Å²) in [5, 5.41) is 0. The van der Waals surface area contributed by atoms with Crippen molar-refractivity contribution in [1.29, 1.82) is 0 Å². The van der Waals surface area contributed by atoms with Gasteiger partial charge in [-0.1, -0.05) is 6.92 Å². The fraction of sp³-hybridized carbons (Fsp3) is 0.857. The molecule has 0 spiro atoms. The summed E-state index contributed by atoms with van der Waals surface area (Å²) in [6.45, 7) is 4.07. The molecule has 0 N–H and O–H groups in total. The molecular weight excluding hydrogens is 114 g/mol. The van der Waals surface area contributed by atoms with Crippen LogP contribution in [0.5, 0.6) is 0 Å². The third kappa shape index (κ3) is 2.61. The predicted molar refractivity (Wildman–Crippen MR) is 40.1 cm³/mol. The van der Waals surface area contributed by atoms with Gasteiger partial charge in [-0.3, -0.25) is 4.99 Å². The summed E-state index contributed by atoms with van der Waals surface area (Å²) in [7, 11) is 3.50. The Morgan fingerprint density at radius 3 is 2.33 bits per heavy atom. The highest BCUT2D eigenvalue weighted by molar-refractivity contribution is 5.86. The molecule has 0 aliphatic rings. The zero-order valence-electron chi connectivity index (χ0n) is 6.64. The van der Waals surface area contributed by atoms with E-state index in [0.717, 1.165) is 12.1 Å². The molecule has 0 aromatic heterocycles.